The lowest BCUT2D eigenvalue weighted by Crippen LogP contribution is -2.51. The smallest absolute Gasteiger partial charge is 0.295 e. The first-order valence-electron chi connectivity index (χ1n) is 17.0. The topological polar surface area (TPSA) is 70.1 Å². The molecular weight excluding hydrogens is 568 g/mol. The van der Waals surface area contributed by atoms with Gasteiger partial charge in [-0.15, -0.1) is 0 Å². The van der Waals surface area contributed by atoms with E-state index in [0.717, 1.165) is 53.1 Å². The predicted molar refractivity (Wildman–Crippen MR) is 174 cm³/mol. The number of fused-ring (bicyclic) bond motifs is 4. The van der Waals surface area contributed by atoms with Crippen LogP contribution in [0.25, 0.3) is 5.57 Å². The molecule has 0 spiro atoms. The van der Waals surface area contributed by atoms with Gasteiger partial charge in [0, 0.05) is 52.7 Å². The van der Waals surface area contributed by atoms with Gasteiger partial charge in [0.25, 0.3) is 10.1 Å². The van der Waals surface area contributed by atoms with E-state index in [2.05, 4.69) is 46.2 Å². The van der Waals surface area contributed by atoms with E-state index in [1.54, 1.807) is 12.1 Å². The summed E-state index contributed by atoms with van der Waals surface area (Å²) in [5, 5.41) is 0. The molecule has 232 valence electrons. The third kappa shape index (κ3) is 5.05. The SMILES string of the molecule is O=S(=O)(O)c1ccccc1C1=C2C=CC(N3CCCC4CCCCC43)C=C2Oc2cc(N3CCCC4CCCCC43)ccc21. The Kier molecular flexibility index (Phi) is 7.47. The van der Waals surface area contributed by atoms with Crippen LogP contribution in [0.5, 0.6) is 5.75 Å². The lowest BCUT2D eigenvalue weighted by molar-refractivity contribution is 0.0517. The van der Waals surface area contributed by atoms with Crippen molar-refractivity contribution in [2.24, 2.45) is 11.8 Å². The van der Waals surface area contributed by atoms with Crippen LogP contribution in [-0.2, 0) is 10.1 Å². The van der Waals surface area contributed by atoms with Gasteiger partial charge in [0.05, 0.1) is 6.04 Å². The van der Waals surface area contributed by atoms with Crippen molar-refractivity contribution in [3.8, 4) is 5.75 Å². The van der Waals surface area contributed by atoms with Gasteiger partial charge in [-0.1, -0.05) is 56.0 Å². The molecule has 0 aromatic heterocycles. The fourth-order valence-corrected chi connectivity index (χ4v) is 10.2. The molecule has 3 aliphatic heterocycles. The fourth-order valence-electron chi connectivity index (χ4n) is 9.49. The lowest BCUT2D eigenvalue weighted by Gasteiger charge is -2.47. The molecule has 1 N–H and O–H groups in total. The second-order valence-corrected chi connectivity index (χ2v) is 15.3. The summed E-state index contributed by atoms with van der Waals surface area (Å²) >= 11 is 0. The second kappa shape index (κ2) is 11.5. The van der Waals surface area contributed by atoms with Crippen LogP contribution < -0.4 is 9.64 Å². The van der Waals surface area contributed by atoms with Crippen molar-refractivity contribution in [2.75, 3.05) is 18.0 Å². The van der Waals surface area contributed by atoms with Crippen molar-refractivity contribution in [1.82, 2.24) is 4.90 Å². The minimum atomic E-state index is -4.44. The van der Waals surface area contributed by atoms with Crippen LogP contribution in [-0.4, -0.2) is 49.1 Å². The molecule has 8 rings (SSSR count). The maximum Gasteiger partial charge on any atom is 0.295 e. The van der Waals surface area contributed by atoms with Crippen LogP contribution in [0.4, 0.5) is 5.69 Å². The molecule has 2 saturated heterocycles. The van der Waals surface area contributed by atoms with Crippen LogP contribution >= 0.6 is 0 Å². The summed E-state index contributed by atoms with van der Waals surface area (Å²) in [7, 11) is -4.44. The summed E-state index contributed by atoms with van der Waals surface area (Å²) in [5.74, 6) is 3.09. The number of allylic oxidation sites excluding steroid dienone is 1. The zero-order valence-corrected chi connectivity index (χ0v) is 26.4. The maximum atomic E-state index is 12.6. The normalized spacial score (nSPS) is 30.4. The van der Waals surface area contributed by atoms with Crippen LogP contribution in [0.3, 0.4) is 0 Å². The molecule has 2 aromatic rings. The summed E-state index contributed by atoms with van der Waals surface area (Å²) in [6, 6.07) is 14.6. The molecule has 2 saturated carbocycles. The second-order valence-electron chi connectivity index (χ2n) is 13.9. The van der Waals surface area contributed by atoms with Crippen molar-refractivity contribution in [2.45, 2.75) is 100 Å². The van der Waals surface area contributed by atoms with Crippen molar-refractivity contribution in [1.29, 1.82) is 0 Å². The molecule has 4 fully saturated rings. The zero-order chi connectivity index (χ0) is 29.8. The molecule has 3 heterocycles. The Morgan fingerprint density at radius 3 is 2.30 bits per heavy atom. The summed E-state index contributed by atoms with van der Waals surface area (Å²) in [6.07, 6.45) is 22.2. The first kappa shape index (κ1) is 28.6. The Labute approximate surface area is 262 Å². The molecule has 3 aliphatic carbocycles. The highest BCUT2D eigenvalue weighted by atomic mass is 32.2. The van der Waals surface area contributed by atoms with Crippen molar-refractivity contribution in [3.63, 3.8) is 0 Å². The van der Waals surface area contributed by atoms with E-state index in [4.69, 9.17) is 4.74 Å². The summed E-state index contributed by atoms with van der Waals surface area (Å²) in [5.41, 5.74) is 4.24. The highest BCUT2D eigenvalue weighted by molar-refractivity contribution is 7.86. The molecule has 5 unspecified atom stereocenters. The van der Waals surface area contributed by atoms with Gasteiger partial charge in [0.1, 0.15) is 16.4 Å². The highest BCUT2D eigenvalue weighted by Crippen LogP contribution is 2.48. The number of nitrogens with zero attached hydrogens (tertiary/aromatic N) is 2. The van der Waals surface area contributed by atoms with Gasteiger partial charge in [-0.2, -0.15) is 8.42 Å². The van der Waals surface area contributed by atoms with Crippen LogP contribution in [0.15, 0.2) is 76.9 Å². The zero-order valence-electron chi connectivity index (χ0n) is 25.5. The summed E-state index contributed by atoms with van der Waals surface area (Å²) < 4.78 is 42.3. The molecule has 6 nitrogen and oxygen atoms in total. The van der Waals surface area contributed by atoms with Gasteiger partial charge >= 0.3 is 0 Å². The molecule has 44 heavy (non-hydrogen) atoms. The summed E-state index contributed by atoms with van der Waals surface area (Å²) in [4.78, 5) is 5.22. The molecule has 0 bridgehead atoms. The molecular formula is C37H44N2O4S. The Morgan fingerprint density at radius 1 is 0.773 bits per heavy atom. The van der Waals surface area contributed by atoms with Crippen molar-refractivity contribution < 1.29 is 17.7 Å². The third-order valence-electron chi connectivity index (χ3n) is 11.4. The molecule has 0 amide bonds. The fraction of sp³-hybridized carbons (Fsp3) is 0.514. The van der Waals surface area contributed by atoms with E-state index in [1.165, 1.54) is 88.8 Å². The third-order valence-corrected chi connectivity index (χ3v) is 12.4. The van der Waals surface area contributed by atoms with E-state index in [0.29, 0.717) is 17.6 Å². The van der Waals surface area contributed by atoms with Gasteiger partial charge in [-0.3, -0.25) is 9.45 Å². The van der Waals surface area contributed by atoms with E-state index in [-0.39, 0.29) is 10.9 Å². The molecule has 6 aliphatic rings. The number of ether oxygens (including phenoxy) is 1. The van der Waals surface area contributed by atoms with Crippen LogP contribution in [0.1, 0.15) is 88.2 Å². The van der Waals surface area contributed by atoms with Gasteiger partial charge < -0.3 is 9.64 Å². The summed E-state index contributed by atoms with van der Waals surface area (Å²) in [6.45, 7) is 2.15. The number of likely N-dealkylation sites (tertiary alicyclic amines) is 1. The van der Waals surface area contributed by atoms with Crippen LogP contribution in [0.2, 0.25) is 0 Å². The molecule has 7 heteroatoms. The number of hydrogen-bond acceptors (Lipinski definition) is 5. The highest BCUT2D eigenvalue weighted by Gasteiger charge is 2.39. The number of rotatable bonds is 4. The quantitative estimate of drug-likeness (QED) is 0.356. The average molecular weight is 613 g/mol. The van der Waals surface area contributed by atoms with Crippen molar-refractivity contribution >= 4 is 21.4 Å². The first-order valence-corrected chi connectivity index (χ1v) is 18.5. The van der Waals surface area contributed by atoms with E-state index < -0.39 is 10.1 Å². The van der Waals surface area contributed by atoms with E-state index >= 15 is 0 Å². The van der Waals surface area contributed by atoms with Gasteiger partial charge in [0.2, 0.25) is 0 Å². The van der Waals surface area contributed by atoms with Gasteiger partial charge in [-0.25, -0.2) is 0 Å². The minimum Gasteiger partial charge on any atom is -0.456 e. The molecule has 5 atom stereocenters. The van der Waals surface area contributed by atoms with E-state index in [9.17, 15) is 13.0 Å². The maximum absolute atomic E-state index is 12.6. The van der Waals surface area contributed by atoms with Gasteiger partial charge in [-0.05, 0) is 94.0 Å². The molecule has 2 aromatic carbocycles. The molecule has 0 radical (unpaired) electrons. The standard InChI is InChI=1S/C37H44N2O4S/c40-44(41,42)36-16-6-3-13-31(36)37-29-19-17-27(38-21-7-11-25-9-1-4-14-32(25)38)23-34(29)43-35-24-28(18-20-30(35)37)39-22-8-12-26-10-2-5-15-33(26)39/h3,6,13,16-20,23-27,32-33H,1-2,4-5,7-12,14-15,21-22H2,(H,40,41,42). The number of piperidine rings is 2. The predicted octanol–water partition coefficient (Wildman–Crippen LogP) is 7.76. The van der Waals surface area contributed by atoms with Crippen LogP contribution in [0, 0.1) is 11.8 Å². The number of anilines is 1. The largest absolute Gasteiger partial charge is 0.456 e. The van der Waals surface area contributed by atoms with E-state index in [1.807, 2.05) is 6.07 Å². The number of benzene rings is 2. The lowest BCUT2D eigenvalue weighted by atomic mass is 9.77. The Hall–Kier alpha value is -2.87. The monoisotopic (exact) mass is 612 g/mol. The first-order chi connectivity index (χ1) is 21.5. The van der Waals surface area contributed by atoms with Crippen molar-refractivity contribution in [3.05, 3.63) is 83.2 Å². The Morgan fingerprint density at radius 2 is 1.48 bits per heavy atom. The Bertz CT molecular complexity index is 1640. The Balaban J connectivity index is 1.23. The minimum absolute atomic E-state index is 0.0727. The average Bonchev–Trinajstić information content (AvgIpc) is 3.06. The van der Waals surface area contributed by atoms with Gasteiger partial charge in [0.15, 0.2) is 0 Å². The number of hydrogen-bond donors (Lipinski definition) is 1.